The third kappa shape index (κ3) is 3.44. The standard InChI is InChI=1S/C10H17BrN4/c1-8-6-10(14-7-9(8)11)15(4-2-12)5-3-13/h6-7H,2-5,12-13H2,1H3. The predicted molar refractivity (Wildman–Crippen MR) is 67.0 cm³/mol. The summed E-state index contributed by atoms with van der Waals surface area (Å²) in [5, 5.41) is 0. The van der Waals surface area contributed by atoms with Crippen LogP contribution in [0.25, 0.3) is 0 Å². The van der Waals surface area contributed by atoms with Crippen molar-refractivity contribution in [2.45, 2.75) is 6.92 Å². The predicted octanol–water partition coefficient (Wildman–Crippen LogP) is 0.876. The van der Waals surface area contributed by atoms with E-state index >= 15 is 0 Å². The van der Waals surface area contributed by atoms with E-state index in [-0.39, 0.29) is 0 Å². The minimum absolute atomic E-state index is 0.608. The van der Waals surface area contributed by atoms with Crippen molar-refractivity contribution in [1.29, 1.82) is 0 Å². The quantitative estimate of drug-likeness (QED) is 0.835. The first-order valence-corrected chi connectivity index (χ1v) is 5.75. The molecular weight excluding hydrogens is 256 g/mol. The van der Waals surface area contributed by atoms with Crippen molar-refractivity contribution < 1.29 is 0 Å². The molecule has 0 aliphatic rings. The van der Waals surface area contributed by atoms with Gasteiger partial charge in [0.25, 0.3) is 0 Å². The molecule has 1 aromatic rings. The van der Waals surface area contributed by atoms with Crippen molar-refractivity contribution in [1.82, 2.24) is 4.98 Å². The molecule has 0 bridgehead atoms. The van der Waals surface area contributed by atoms with Gasteiger partial charge in [0, 0.05) is 36.8 Å². The summed E-state index contributed by atoms with van der Waals surface area (Å²) in [5.74, 6) is 0.937. The second-order valence-corrected chi connectivity index (χ2v) is 4.21. The summed E-state index contributed by atoms with van der Waals surface area (Å²) in [6, 6.07) is 2.04. The lowest BCUT2D eigenvalue weighted by molar-refractivity contribution is 0.769. The number of anilines is 1. The number of halogens is 1. The fraction of sp³-hybridized carbons (Fsp3) is 0.500. The highest BCUT2D eigenvalue weighted by Crippen LogP contribution is 2.19. The minimum Gasteiger partial charge on any atom is -0.354 e. The van der Waals surface area contributed by atoms with Gasteiger partial charge in [-0.25, -0.2) is 4.98 Å². The number of hydrogen-bond acceptors (Lipinski definition) is 4. The molecule has 0 aliphatic heterocycles. The summed E-state index contributed by atoms with van der Waals surface area (Å²) in [5.41, 5.74) is 12.3. The van der Waals surface area contributed by atoms with E-state index in [1.165, 1.54) is 5.56 Å². The summed E-state index contributed by atoms with van der Waals surface area (Å²) in [7, 11) is 0. The topological polar surface area (TPSA) is 68.2 Å². The molecule has 1 heterocycles. The molecule has 15 heavy (non-hydrogen) atoms. The molecule has 0 amide bonds. The van der Waals surface area contributed by atoms with Crippen molar-refractivity contribution in [3.63, 3.8) is 0 Å². The number of aromatic nitrogens is 1. The van der Waals surface area contributed by atoms with Gasteiger partial charge in [-0.2, -0.15) is 0 Å². The van der Waals surface area contributed by atoms with Crippen LogP contribution in [0.5, 0.6) is 0 Å². The van der Waals surface area contributed by atoms with Gasteiger partial charge in [-0.15, -0.1) is 0 Å². The van der Waals surface area contributed by atoms with Crippen LogP contribution in [-0.4, -0.2) is 31.2 Å². The zero-order chi connectivity index (χ0) is 11.3. The van der Waals surface area contributed by atoms with Gasteiger partial charge in [-0.1, -0.05) is 0 Å². The molecule has 0 fully saturated rings. The number of nitrogens with zero attached hydrogens (tertiary/aromatic N) is 2. The Bertz CT molecular complexity index is 310. The Kier molecular flexibility index (Phi) is 5.01. The first-order valence-electron chi connectivity index (χ1n) is 4.96. The van der Waals surface area contributed by atoms with E-state index in [2.05, 4.69) is 25.8 Å². The van der Waals surface area contributed by atoms with E-state index in [1.54, 1.807) is 0 Å². The van der Waals surface area contributed by atoms with E-state index in [0.717, 1.165) is 23.4 Å². The summed E-state index contributed by atoms with van der Waals surface area (Å²) in [6.07, 6.45) is 1.81. The van der Waals surface area contributed by atoms with E-state index in [4.69, 9.17) is 11.5 Å². The third-order valence-corrected chi connectivity index (χ3v) is 2.98. The zero-order valence-electron chi connectivity index (χ0n) is 8.91. The van der Waals surface area contributed by atoms with Crippen LogP contribution in [0, 0.1) is 6.92 Å². The highest BCUT2D eigenvalue weighted by molar-refractivity contribution is 9.10. The zero-order valence-corrected chi connectivity index (χ0v) is 10.5. The molecule has 0 radical (unpaired) electrons. The summed E-state index contributed by atoms with van der Waals surface area (Å²) >= 11 is 3.43. The van der Waals surface area contributed by atoms with Crippen LogP contribution in [0.4, 0.5) is 5.82 Å². The maximum atomic E-state index is 5.55. The first-order chi connectivity index (χ1) is 7.19. The van der Waals surface area contributed by atoms with Gasteiger partial charge in [0.15, 0.2) is 0 Å². The van der Waals surface area contributed by atoms with E-state index in [9.17, 15) is 0 Å². The Balaban J connectivity index is 2.85. The average Bonchev–Trinajstić information content (AvgIpc) is 2.22. The second kappa shape index (κ2) is 6.05. The van der Waals surface area contributed by atoms with Gasteiger partial charge in [0.1, 0.15) is 5.82 Å². The monoisotopic (exact) mass is 272 g/mol. The molecule has 5 heteroatoms. The van der Waals surface area contributed by atoms with Crippen molar-refractivity contribution in [2.24, 2.45) is 11.5 Å². The highest BCUT2D eigenvalue weighted by Gasteiger charge is 2.07. The number of nitrogens with two attached hydrogens (primary N) is 2. The molecule has 0 saturated heterocycles. The summed E-state index contributed by atoms with van der Waals surface area (Å²) in [6.45, 7) is 4.82. The lowest BCUT2D eigenvalue weighted by Gasteiger charge is -2.22. The third-order valence-electron chi connectivity index (χ3n) is 2.15. The van der Waals surface area contributed by atoms with Crippen LogP contribution < -0.4 is 16.4 Å². The van der Waals surface area contributed by atoms with Crippen LogP contribution in [0.3, 0.4) is 0 Å². The van der Waals surface area contributed by atoms with Gasteiger partial charge < -0.3 is 16.4 Å². The normalized spacial score (nSPS) is 10.4. The molecule has 0 unspecified atom stereocenters. The molecule has 4 nitrogen and oxygen atoms in total. The maximum absolute atomic E-state index is 5.55. The molecule has 4 N–H and O–H groups in total. The molecule has 1 aromatic heterocycles. The van der Waals surface area contributed by atoms with Crippen molar-refractivity contribution in [2.75, 3.05) is 31.1 Å². The molecule has 0 saturated carbocycles. The lowest BCUT2D eigenvalue weighted by atomic mass is 10.3. The van der Waals surface area contributed by atoms with Crippen LogP contribution >= 0.6 is 15.9 Å². The minimum atomic E-state index is 0.608. The van der Waals surface area contributed by atoms with Crippen LogP contribution in [0.15, 0.2) is 16.7 Å². The van der Waals surface area contributed by atoms with Crippen molar-refractivity contribution in [3.8, 4) is 0 Å². The lowest BCUT2D eigenvalue weighted by Crippen LogP contribution is -2.34. The van der Waals surface area contributed by atoms with Crippen LogP contribution in [-0.2, 0) is 0 Å². The van der Waals surface area contributed by atoms with Gasteiger partial charge >= 0.3 is 0 Å². The Morgan fingerprint density at radius 3 is 2.40 bits per heavy atom. The molecule has 0 aliphatic carbocycles. The Hall–Kier alpha value is -0.650. The fourth-order valence-corrected chi connectivity index (χ4v) is 1.57. The average molecular weight is 273 g/mol. The fourth-order valence-electron chi connectivity index (χ4n) is 1.35. The summed E-state index contributed by atoms with van der Waals surface area (Å²) < 4.78 is 1.02. The van der Waals surface area contributed by atoms with Crippen molar-refractivity contribution >= 4 is 21.7 Å². The smallest absolute Gasteiger partial charge is 0.128 e. The number of hydrogen-bond donors (Lipinski definition) is 2. The van der Waals surface area contributed by atoms with E-state index < -0.39 is 0 Å². The SMILES string of the molecule is Cc1cc(N(CCN)CCN)ncc1Br. The van der Waals surface area contributed by atoms with Gasteiger partial charge in [0.2, 0.25) is 0 Å². The number of pyridine rings is 1. The molecule has 1 rings (SSSR count). The molecule has 0 aromatic carbocycles. The van der Waals surface area contributed by atoms with Gasteiger partial charge in [0.05, 0.1) is 0 Å². The Morgan fingerprint density at radius 1 is 1.33 bits per heavy atom. The van der Waals surface area contributed by atoms with Crippen LogP contribution in [0.1, 0.15) is 5.56 Å². The first kappa shape index (κ1) is 12.4. The van der Waals surface area contributed by atoms with Gasteiger partial charge in [-0.3, -0.25) is 0 Å². The van der Waals surface area contributed by atoms with Crippen LogP contribution in [0.2, 0.25) is 0 Å². The molecule has 0 atom stereocenters. The van der Waals surface area contributed by atoms with E-state index in [1.807, 2.05) is 19.2 Å². The largest absolute Gasteiger partial charge is 0.354 e. The molecule has 84 valence electrons. The molecule has 0 spiro atoms. The molecular formula is C10H17BrN4. The van der Waals surface area contributed by atoms with Gasteiger partial charge in [-0.05, 0) is 34.5 Å². The number of rotatable bonds is 5. The Labute approximate surface area is 98.8 Å². The maximum Gasteiger partial charge on any atom is 0.128 e. The summed E-state index contributed by atoms with van der Waals surface area (Å²) in [4.78, 5) is 6.44. The Morgan fingerprint density at radius 2 is 1.93 bits per heavy atom. The number of aryl methyl sites for hydroxylation is 1. The second-order valence-electron chi connectivity index (χ2n) is 3.36. The van der Waals surface area contributed by atoms with Crippen molar-refractivity contribution in [3.05, 3.63) is 22.3 Å². The highest BCUT2D eigenvalue weighted by atomic mass is 79.9. The van der Waals surface area contributed by atoms with E-state index in [0.29, 0.717) is 13.1 Å².